The lowest BCUT2D eigenvalue weighted by Gasteiger charge is -2.07. The fraction of sp³-hybridized carbons (Fsp3) is 0.263. The van der Waals surface area contributed by atoms with Crippen LogP contribution in [0.15, 0.2) is 59.5 Å². The lowest BCUT2D eigenvalue weighted by atomic mass is 10.2. The maximum atomic E-state index is 12.2. The molecule has 0 radical (unpaired) electrons. The largest absolute Gasteiger partial charge is 0.349 e. The Kier molecular flexibility index (Phi) is 5.57. The van der Waals surface area contributed by atoms with Crippen LogP contribution in [0.1, 0.15) is 25.6 Å². The molecule has 0 atom stereocenters. The third-order valence-corrected chi connectivity index (χ3v) is 5.53. The number of hydrogen-bond acceptors (Lipinski definition) is 4. The third kappa shape index (κ3) is 4.35. The predicted octanol–water partition coefficient (Wildman–Crippen LogP) is 2.21. The van der Waals surface area contributed by atoms with Crippen molar-refractivity contribution in [1.29, 1.82) is 0 Å². The molecule has 142 valence electrons. The van der Waals surface area contributed by atoms with Crippen LogP contribution in [0, 0.1) is 0 Å². The molecule has 0 saturated carbocycles. The molecule has 7 nitrogen and oxygen atoms in total. The lowest BCUT2D eigenvalue weighted by Crippen LogP contribution is -2.36. The summed E-state index contributed by atoms with van der Waals surface area (Å²) >= 11 is 0. The smallest absolute Gasteiger partial charge is 0.241 e. The second kappa shape index (κ2) is 7.89. The molecule has 0 aliphatic heterocycles. The van der Waals surface area contributed by atoms with Gasteiger partial charge in [-0.25, -0.2) is 13.1 Å². The van der Waals surface area contributed by atoms with Crippen molar-refractivity contribution in [1.82, 2.24) is 19.8 Å². The summed E-state index contributed by atoms with van der Waals surface area (Å²) in [5.74, 6) is -0.419. The minimum Gasteiger partial charge on any atom is -0.349 e. The van der Waals surface area contributed by atoms with Crippen LogP contribution in [0.5, 0.6) is 0 Å². The van der Waals surface area contributed by atoms with Crippen molar-refractivity contribution < 1.29 is 13.2 Å². The number of benzene rings is 2. The molecule has 0 bridgehead atoms. The molecule has 0 aliphatic rings. The van der Waals surface area contributed by atoms with Gasteiger partial charge in [0.15, 0.2) is 0 Å². The van der Waals surface area contributed by atoms with Gasteiger partial charge in [-0.05, 0) is 32.0 Å². The summed E-state index contributed by atoms with van der Waals surface area (Å²) in [7, 11) is -3.71. The predicted molar refractivity (Wildman–Crippen MR) is 104 cm³/mol. The number of carbonyl (C=O) groups is 1. The molecule has 0 aliphatic carbocycles. The Hall–Kier alpha value is -2.71. The first-order valence-corrected chi connectivity index (χ1v) is 10.1. The zero-order valence-electron chi connectivity index (χ0n) is 15.2. The van der Waals surface area contributed by atoms with Crippen molar-refractivity contribution in [2.24, 2.45) is 0 Å². The first-order valence-electron chi connectivity index (χ1n) is 8.66. The normalized spacial score (nSPS) is 11.8. The number of nitrogens with zero attached hydrogens (tertiary/aromatic N) is 2. The Bertz CT molecular complexity index is 1040. The number of para-hydroxylation sites is 1. The van der Waals surface area contributed by atoms with Crippen LogP contribution in [0.3, 0.4) is 0 Å². The van der Waals surface area contributed by atoms with E-state index in [1.54, 1.807) is 18.2 Å². The molecule has 0 spiro atoms. The molecular weight excluding hydrogens is 364 g/mol. The van der Waals surface area contributed by atoms with E-state index in [4.69, 9.17) is 0 Å². The van der Waals surface area contributed by atoms with Crippen LogP contribution >= 0.6 is 0 Å². The highest BCUT2D eigenvalue weighted by molar-refractivity contribution is 7.89. The van der Waals surface area contributed by atoms with E-state index >= 15 is 0 Å². The van der Waals surface area contributed by atoms with Gasteiger partial charge < -0.3 is 5.32 Å². The topological polar surface area (TPSA) is 93.1 Å². The molecule has 27 heavy (non-hydrogen) atoms. The second-order valence-corrected chi connectivity index (χ2v) is 8.18. The molecule has 1 heterocycles. The Morgan fingerprint density at radius 2 is 1.74 bits per heavy atom. The summed E-state index contributed by atoms with van der Waals surface area (Å²) in [6.07, 6.45) is 0. The van der Waals surface area contributed by atoms with E-state index in [1.807, 2.05) is 42.8 Å². The van der Waals surface area contributed by atoms with E-state index in [0.29, 0.717) is 0 Å². The minimum absolute atomic E-state index is 0.125. The number of carbonyl (C=O) groups excluding carboxylic acids is 1. The van der Waals surface area contributed by atoms with Crippen molar-refractivity contribution >= 4 is 26.8 Å². The number of fused-ring (bicyclic) bond motifs is 1. The van der Waals surface area contributed by atoms with Gasteiger partial charge in [0, 0.05) is 11.4 Å². The third-order valence-electron chi connectivity index (χ3n) is 4.11. The molecule has 2 aromatic carbocycles. The van der Waals surface area contributed by atoms with Crippen molar-refractivity contribution in [2.75, 3.05) is 6.54 Å². The highest BCUT2D eigenvalue weighted by Crippen LogP contribution is 2.21. The molecule has 8 heteroatoms. The molecule has 3 aromatic rings. The number of amides is 1. The van der Waals surface area contributed by atoms with Crippen LogP contribution in [0.2, 0.25) is 0 Å². The zero-order chi connectivity index (χ0) is 19.4. The van der Waals surface area contributed by atoms with Gasteiger partial charge in [-0.3, -0.25) is 9.48 Å². The standard InChI is InChI=1S/C19H22N4O3S/c1-14(2)23-18-11-7-6-10-16(18)17(22-23)12-20-19(24)13-21-27(25,26)15-8-4-3-5-9-15/h3-11,14,21H,12-13H2,1-2H3,(H,20,24). The zero-order valence-corrected chi connectivity index (χ0v) is 16.0. The first-order chi connectivity index (χ1) is 12.9. The van der Waals surface area contributed by atoms with Crippen molar-refractivity contribution in [3.8, 4) is 0 Å². The van der Waals surface area contributed by atoms with Gasteiger partial charge in [-0.15, -0.1) is 0 Å². The maximum absolute atomic E-state index is 12.2. The quantitative estimate of drug-likeness (QED) is 0.651. The number of nitrogens with one attached hydrogen (secondary N) is 2. The minimum atomic E-state index is -3.71. The second-order valence-electron chi connectivity index (χ2n) is 6.42. The number of hydrogen-bond donors (Lipinski definition) is 2. The summed E-state index contributed by atoms with van der Waals surface area (Å²) in [6.45, 7) is 3.98. The van der Waals surface area contributed by atoms with Gasteiger partial charge in [0.1, 0.15) is 0 Å². The summed E-state index contributed by atoms with van der Waals surface area (Å²) in [6, 6.07) is 16.0. The Balaban J connectivity index is 1.64. The van der Waals surface area contributed by atoms with E-state index in [2.05, 4.69) is 15.1 Å². The summed E-state index contributed by atoms with van der Waals surface area (Å²) in [4.78, 5) is 12.2. The summed E-state index contributed by atoms with van der Waals surface area (Å²) in [5, 5.41) is 8.28. The van der Waals surface area contributed by atoms with Crippen LogP contribution in [0.25, 0.3) is 10.9 Å². The van der Waals surface area contributed by atoms with Crippen LogP contribution in [0.4, 0.5) is 0 Å². The number of aromatic nitrogens is 2. The van der Waals surface area contributed by atoms with Crippen molar-refractivity contribution in [2.45, 2.75) is 31.3 Å². The van der Waals surface area contributed by atoms with E-state index < -0.39 is 15.9 Å². The van der Waals surface area contributed by atoms with Gasteiger partial charge in [-0.1, -0.05) is 36.4 Å². The Morgan fingerprint density at radius 3 is 2.44 bits per heavy atom. The molecule has 1 amide bonds. The van der Waals surface area contributed by atoms with E-state index in [9.17, 15) is 13.2 Å². The number of rotatable bonds is 7. The molecule has 1 aromatic heterocycles. The average Bonchev–Trinajstić information content (AvgIpc) is 3.05. The van der Waals surface area contributed by atoms with Crippen molar-refractivity contribution in [3.63, 3.8) is 0 Å². The SMILES string of the molecule is CC(C)n1nc(CNC(=O)CNS(=O)(=O)c2ccccc2)c2ccccc21. The van der Waals surface area contributed by atoms with Gasteiger partial charge in [0.2, 0.25) is 15.9 Å². The molecule has 0 unspecified atom stereocenters. The molecule has 0 fully saturated rings. The highest BCUT2D eigenvalue weighted by atomic mass is 32.2. The van der Waals surface area contributed by atoms with Crippen LogP contribution < -0.4 is 10.0 Å². The average molecular weight is 386 g/mol. The molecular formula is C19H22N4O3S. The van der Waals surface area contributed by atoms with E-state index in [1.165, 1.54) is 12.1 Å². The van der Waals surface area contributed by atoms with E-state index in [0.717, 1.165) is 16.6 Å². The van der Waals surface area contributed by atoms with Gasteiger partial charge >= 0.3 is 0 Å². The fourth-order valence-electron chi connectivity index (χ4n) is 2.77. The summed E-state index contributed by atoms with van der Waals surface area (Å²) < 4.78 is 28.5. The van der Waals surface area contributed by atoms with Gasteiger partial charge in [-0.2, -0.15) is 5.10 Å². The summed E-state index contributed by atoms with van der Waals surface area (Å²) in [5.41, 5.74) is 1.75. The Labute approximate surface area is 158 Å². The number of sulfonamides is 1. The first kappa shape index (κ1) is 19.1. The monoisotopic (exact) mass is 386 g/mol. The van der Waals surface area contributed by atoms with Crippen molar-refractivity contribution in [3.05, 3.63) is 60.3 Å². The van der Waals surface area contributed by atoms with Crippen LogP contribution in [-0.2, 0) is 21.4 Å². The van der Waals surface area contributed by atoms with Gasteiger partial charge in [0.05, 0.1) is 29.2 Å². The maximum Gasteiger partial charge on any atom is 0.241 e. The molecule has 0 saturated heterocycles. The Morgan fingerprint density at radius 1 is 1.07 bits per heavy atom. The van der Waals surface area contributed by atoms with E-state index in [-0.39, 0.29) is 24.0 Å². The molecule has 3 rings (SSSR count). The highest BCUT2D eigenvalue weighted by Gasteiger charge is 2.16. The van der Waals surface area contributed by atoms with Gasteiger partial charge in [0.25, 0.3) is 0 Å². The van der Waals surface area contributed by atoms with Crippen LogP contribution in [-0.4, -0.2) is 30.7 Å². The molecule has 2 N–H and O–H groups in total. The lowest BCUT2D eigenvalue weighted by molar-refractivity contribution is -0.120. The fourth-order valence-corrected chi connectivity index (χ4v) is 3.77.